The Morgan fingerprint density at radius 2 is 0.520 bits per heavy atom. The number of phosphoric ester groups is 2. The van der Waals surface area contributed by atoms with Crippen LogP contribution in [0.3, 0.4) is 0 Å². The first kappa shape index (κ1) is 96.5. The third-order valence-corrected chi connectivity index (χ3v) is 19.1. The minimum Gasteiger partial charge on any atom is -0.462 e. The number of aliphatic hydroxyl groups excluding tert-OH is 1. The molecular weight excluding hydrogens is 1310 g/mol. The molecule has 0 saturated heterocycles. The van der Waals surface area contributed by atoms with Crippen molar-refractivity contribution >= 4 is 39.5 Å². The first-order chi connectivity index (χ1) is 48.7. The van der Waals surface area contributed by atoms with Crippen molar-refractivity contribution in [3.8, 4) is 0 Å². The summed E-state index contributed by atoms with van der Waals surface area (Å²) in [6.07, 6.45) is 74.5. The van der Waals surface area contributed by atoms with Crippen LogP contribution < -0.4 is 0 Å². The summed E-state index contributed by atoms with van der Waals surface area (Å²) in [7, 11) is -9.95. The average Bonchev–Trinajstić information content (AvgIpc) is 1.06. The molecule has 0 amide bonds. The molecule has 100 heavy (non-hydrogen) atoms. The van der Waals surface area contributed by atoms with E-state index in [1.54, 1.807) is 0 Å². The summed E-state index contributed by atoms with van der Waals surface area (Å²) in [6, 6.07) is 0. The summed E-state index contributed by atoms with van der Waals surface area (Å²) in [5.74, 6) is -2.19. The Morgan fingerprint density at radius 1 is 0.290 bits per heavy atom. The molecule has 5 atom stereocenters. The van der Waals surface area contributed by atoms with Crippen LogP contribution in [0.1, 0.15) is 362 Å². The maximum Gasteiger partial charge on any atom is 0.472 e. The first-order valence-electron chi connectivity index (χ1n) is 40.2. The van der Waals surface area contributed by atoms with Gasteiger partial charge in [0.25, 0.3) is 0 Å². The summed E-state index contributed by atoms with van der Waals surface area (Å²) in [5, 5.41) is 10.6. The molecule has 0 aromatic heterocycles. The van der Waals surface area contributed by atoms with Gasteiger partial charge in [-0.2, -0.15) is 0 Å². The van der Waals surface area contributed by atoms with Gasteiger partial charge in [0.2, 0.25) is 0 Å². The highest BCUT2D eigenvalue weighted by atomic mass is 31.2. The van der Waals surface area contributed by atoms with Gasteiger partial charge < -0.3 is 33.8 Å². The number of phosphoric acid groups is 2. The van der Waals surface area contributed by atoms with Gasteiger partial charge in [-0.3, -0.25) is 37.3 Å². The van der Waals surface area contributed by atoms with Gasteiger partial charge in [-0.1, -0.05) is 293 Å². The largest absolute Gasteiger partial charge is 0.472 e. The first-order valence-corrected chi connectivity index (χ1v) is 43.2. The predicted octanol–water partition coefficient (Wildman–Crippen LogP) is 23.2. The Morgan fingerprint density at radius 3 is 0.810 bits per heavy atom. The van der Waals surface area contributed by atoms with Gasteiger partial charge in [0.05, 0.1) is 26.4 Å². The van der Waals surface area contributed by atoms with E-state index in [2.05, 4.69) is 101 Å². The molecule has 0 saturated carbocycles. The summed E-state index contributed by atoms with van der Waals surface area (Å²) in [4.78, 5) is 73.0. The lowest BCUT2D eigenvalue weighted by Gasteiger charge is -2.21. The number of hydrogen-bond acceptors (Lipinski definition) is 15. The zero-order valence-electron chi connectivity index (χ0n) is 63.6. The molecule has 0 heterocycles. The fraction of sp³-hybridized carbons (Fsp3) is 0.802. The van der Waals surface area contributed by atoms with Crippen molar-refractivity contribution in [3.05, 3.63) is 72.9 Å². The van der Waals surface area contributed by atoms with Gasteiger partial charge in [-0.25, -0.2) is 9.13 Å². The van der Waals surface area contributed by atoms with Gasteiger partial charge >= 0.3 is 39.5 Å². The second-order valence-corrected chi connectivity index (χ2v) is 29.9. The fourth-order valence-corrected chi connectivity index (χ4v) is 12.6. The maximum atomic E-state index is 13.1. The number of ether oxygens (including phenoxy) is 4. The van der Waals surface area contributed by atoms with Crippen molar-refractivity contribution in [1.82, 2.24) is 0 Å². The molecule has 0 rings (SSSR count). The van der Waals surface area contributed by atoms with E-state index < -0.39 is 97.5 Å². The maximum absolute atomic E-state index is 13.1. The number of unbranched alkanes of at least 4 members (excludes halogenated alkanes) is 38. The van der Waals surface area contributed by atoms with Crippen LogP contribution in [-0.2, 0) is 65.4 Å². The Balaban J connectivity index is 5.35. The van der Waals surface area contributed by atoms with Crippen molar-refractivity contribution in [3.63, 3.8) is 0 Å². The topological polar surface area (TPSA) is 237 Å². The van der Waals surface area contributed by atoms with Crippen LogP contribution in [-0.4, -0.2) is 96.7 Å². The van der Waals surface area contributed by atoms with Crippen LogP contribution >= 0.6 is 15.6 Å². The van der Waals surface area contributed by atoms with Gasteiger partial charge in [-0.05, 0) is 116 Å². The number of esters is 4. The predicted molar refractivity (Wildman–Crippen MR) is 409 cm³/mol. The zero-order valence-corrected chi connectivity index (χ0v) is 65.4. The number of carbonyl (C=O) groups excluding carboxylic acids is 4. The van der Waals surface area contributed by atoms with E-state index in [9.17, 15) is 43.2 Å². The van der Waals surface area contributed by atoms with E-state index in [0.29, 0.717) is 25.7 Å². The quantitative estimate of drug-likeness (QED) is 0.0169. The van der Waals surface area contributed by atoms with Crippen LogP contribution in [0.4, 0.5) is 0 Å². The van der Waals surface area contributed by atoms with E-state index >= 15 is 0 Å². The summed E-state index contributed by atoms with van der Waals surface area (Å²) in [6.45, 7) is 4.77. The van der Waals surface area contributed by atoms with E-state index in [4.69, 9.17) is 37.0 Å². The molecule has 0 aliphatic rings. The molecule has 0 aromatic carbocycles. The van der Waals surface area contributed by atoms with E-state index in [0.717, 1.165) is 154 Å². The molecule has 0 fully saturated rings. The molecule has 0 aromatic rings. The third kappa shape index (κ3) is 72.8. The average molecular weight is 1450 g/mol. The van der Waals surface area contributed by atoms with Crippen molar-refractivity contribution < 1.29 is 80.2 Å². The molecule has 0 aliphatic carbocycles. The van der Waals surface area contributed by atoms with Crippen LogP contribution in [0.25, 0.3) is 0 Å². The smallest absolute Gasteiger partial charge is 0.462 e. The van der Waals surface area contributed by atoms with Gasteiger partial charge in [-0.15, -0.1) is 0 Å². The number of hydrogen-bond donors (Lipinski definition) is 3. The molecule has 582 valence electrons. The minimum absolute atomic E-state index is 0.0818. The fourth-order valence-electron chi connectivity index (χ4n) is 11.0. The highest BCUT2D eigenvalue weighted by Crippen LogP contribution is 2.45. The number of allylic oxidation sites excluding steroid dienone is 12. The molecule has 17 nitrogen and oxygen atoms in total. The molecule has 19 heteroatoms. The molecule has 0 spiro atoms. The number of aliphatic hydroxyl groups is 1. The van der Waals surface area contributed by atoms with Crippen LogP contribution in [0.2, 0.25) is 0 Å². The lowest BCUT2D eigenvalue weighted by atomic mass is 10.0. The van der Waals surface area contributed by atoms with Crippen molar-refractivity contribution in [1.29, 1.82) is 0 Å². The second kappa shape index (κ2) is 73.8. The number of rotatable bonds is 76. The monoisotopic (exact) mass is 1450 g/mol. The standard InChI is InChI=1S/C81H146O17P2/c1-5-9-13-17-21-25-29-33-36-37-40-43-46-50-54-58-62-66-79(84)92-72-77(98-81(86)68-64-60-56-52-48-44-39-35-31-27-23-19-15-11-7-3)74-96-100(89,90)94-70-75(82)69-93-99(87,88)95-73-76(97-80(85)67-63-59-55-51-47-41-32-28-24-20-16-12-8-4)71-91-78(83)65-61-57-53-49-45-42-38-34-30-26-22-18-14-10-6-2/h9,13,21,25,33-36,38-40,43,75-77,82H,5-8,10-12,14-20,22-24,26-32,37,41-42,44-74H2,1-4H3,(H,87,88)(H,89,90)/b13-9-,25-21-,36-33-,38-34-,39-35-,43-40-. The molecule has 3 N–H and O–H groups in total. The summed E-state index contributed by atoms with van der Waals surface area (Å²) < 4.78 is 68.6. The lowest BCUT2D eigenvalue weighted by Crippen LogP contribution is -2.30. The van der Waals surface area contributed by atoms with Crippen LogP contribution in [0.15, 0.2) is 72.9 Å². The van der Waals surface area contributed by atoms with Crippen molar-refractivity contribution in [2.45, 2.75) is 380 Å². The van der Waals surface area contributed by atoms with E-state index in [1.165, 1.54) is 128 Å². The zero-order chi connectivity index (χ0) is 73.2. The Hall–Kier alpha value is -3.50. The van der Waals surface area contributed by atoms with Gasteiger partial charge in [0.15, 0.2) is 12.2 Å². The molecule has 0 radical (unpaired) electrons. The van der Waals surface area contributed by atoms with Crippen molar-refractivity contribution in [2.24, 2.45) is 0 Å². The Bertz CT molecular complexity index is 2180. The Kier molecular flexibility index (Phi) is 71.2. The van der Waals surface area contributed by atoms with E-state index in [1.807, 2.05) is 0 Å². The van der Waals surface area contributed by atoms with Crippen molar-refractivity contribution in [2.75, 3.05) is 39.6 Å². The summed E-state index contributed by atoms with van der Waals surface area (Å²) in [5.41, 5.74) is 0. The highest BCUT2D eigenvalue weighted by molar-refractivity contribution is 7.47. The molecular formula is C81H146O17P2. The van der Waals surface area contributed by atoms with E-state index in [-0.39, 0.29) is 25.7 Å². The van der Waals surface area contributed by atoms with Gasteiger partial charge in [0.1, 0.15) is 19.3 Å². The summed E-state index contributed by atoms with van der Waals surface area (Å²) >= 11 is 0. The Labute approximate surface area is 609 Å². The van der Waals surface area contributed by atoms with Gasteiger partial charge in [0, 0.05) is 25.7 Å². The molecule has 0 aliphatic heterocycles. The normalized spacial score (nSPS) is 14.3. The minimum atomic E-state index is -4.98. The molecule has 0 bridgehead atoms. The second-order valence-electron chi connectivity index (χ2n) is 27.0. The highest BCUT2D eigenvalue weighted by Gasteiger charge is 2.30. The molecule has 5 unspecified atom stereocenters. The van der Waals surface area contributed by atoms with Crippen LogP contribution in [0, 0.1) is 0 Å². The number of carbonyl (C=O) groups is 4. The SMILES string of the molecule is CC/C=C\C/C=C\C/C=C\C/C=C\CCCCCCC(=O)OCC(COP(=O)(O)OCC(O)COP(=O)(O)OCC(COC(=O)CCCCCCC/C=C\CCCCCCCC)OC(=O)CCCCCCCCCCCCCCC)OC(=O)CCCCCCC/C=C\CCCCCCCC. The lowest BCUT2D eigenvalue weighted by molar-refractivity contribution is -0.161. The van der Waals surface area contributed by atoms with Crippen LogP contribution in [0.5, 0.6) is 0 Å². The third-order valence-electron chi connectivity index (χ3n) is 17.2.